The summed E-state index contributed by atoms with van der Waals surface area (Å²) in [6, 6.07) is 10.8. The molecular weight excluding hydrogens is 196 g/mol. The molecule has 2 nitrogen and oxygen atoms in total. The Kier molecular flexibility index (Phi) is 6.20. The molecule has 0 aliphatic carbocycles. The first-order valence-corrected chi connectivity index (χ1v) is 6.02. The van der Waals surface area contributed by atoms with Crippen molar-refractivity contribution < 1.29 is 0 Å². The summed E-state index contributed by atoms with van der Waals surface area (Å²) in [6.45, 7) is 5.10. The maximum Gasteiger partial charge on any atom is 0.0949 e. The second-order valence-corrected chi connectivity index (χ2v) is 3.94. The standard InChI is InChI=1S/C14H20N2/c1-3-4-5-8-11-15-12-16-14-10-7-6-9-13(14)2/h6-7,9-10H,3-5,8,11H2,1-2H3. The first-order chi connectivity index (χ1) is 7.84. The third-order valence-electron chi connectivity index (χ3n) is 2.48. The van der Waals surface area contributed by atoms with E-state index in [0.717, 1.165) is 24.2 Å². The molecule has 0 bridgehead atoms. The second-order valence-electron chi connectivity index (χ2n) is 3.94. The highest BCUT2D eigenvalue weighted by atomic mass is 14.8. The fourth-order valence-electron chi connectivity index (χ4n) is 1.45. The zero-order valence-electron chi connectivity index (χ0n) is 10.2. The molecule has 2 heteroatoms. The molecule has 1 aromatic rings. The zero-order chi connectivity index (χ0) is 11.6. The predicted octanol–water partition coefficient (Wildman–Crippen LogP) is 4.38. The Bertz CT molecular complexity index is 363. The molecule has 16 heavy (non-hydrogen) atoms. The summed E-state index contributed by atoms with van der Waals surface area (Å²) in [5, 5.41) is 0. The molecule has 0 heterocycles. The van der Waals surface area contributed by atoms with Crippen LogP contribution in [0.4, 0.5) is 5.69 Å². The zero-order valence-corrected chi connectivity index (χ0v) is 10.2. The van der Waals surface area contributed by atoms with Gasteiger partial charge in [-0.15, -0.1) is 0 Å². The van der Waals surface area contributed by atoms with Gasteiger partial charge in [0, 0.05) is 6.54 Å². The van der Waals surface area contributed by atoms with Crippen molar-refractivity contribution in [2.45, 2.75) is 39.5 Å². The topological polar surface area (TPSA) is 24.7 Å². The molecule has 1 rings (SSSR count). The maximum absolute atomic E-state index is 4.21. The van der Waals surface area contributed by atoms with Crippen molar-refractivity contribution in [3.63, 3.8) is 0 Å². The van der Waals surface area contributed by atoms with E-state index in [0.29, 0.717) is 0 Å². The lowest BCUT2D eigenvalue weighted by molar-refractivity contribution is 0.676. The number of benzene rings is 1. The molecule has 0 atom stereocenters. The number of aryl methyl sites for hydroxylation is 1. The molecule has 0 N–H and O–H groups in total. The molecule has 0 saturated carbocycles. The molecule has 0 saturated heterocycles. The number of hydrogen-bond acceptors (Lipinski definition) is 2. The van der Waals surface area contributed by atoms with E-state index >= 15 is 0 Å². The molecule has 0 aromatic heterocycles. The van der Waals surface area contributed by atoms with Gasteiger partial charge in [0.2, 0.25) is 0 Å². The van der Waals surface area contributed by atoms with Gasteiger partial charge in [-0.05, 0) is 25.0 Å². The van der Waals surface area contributed by atoms with E-state index < -0.39 is 0 Å². The van der Waals surface area contributed by atoms with Crippen LogP contribution in [0.5, 0.6) is 0 Å². The average molecular weight is 216 g/mol. The number of para-hydroxylation sites is 1. The SMILES string of the molecule is CCCCCCN=C=Nc1ccccc1C. The number of aliphatic imine (C=N–C) groups is 2. The van der Waals surface area contributed by atoms with Crippen LogP contribution >= 0.6 is 0 Å². The molecule has 86 valence electrons. The van der Waals surface area contributed by atoms with Crippen molar-refractivity contribution in [3.05, 3.63) is 29.8 Å². The van der Waals surface area contributed by atoms with Crippen molar-refractivity contribution >= 4 is 11.7 Å². The Morgan fingerprint density at radius 1 is 1.12 bits per heavy atom. The van der Waals surface area contributed by atoms with Crippen LogP contribution in [-0.2, 0) is 0 Å². The van der Waals surface area contributed by atoms with Gasteiger partial charge >= 0.3 is 0 Å². The minimum absolute atomic E-state index is 0.843. The minimum atomic E-state index is 0.843. The lowest BCUT2D eigenvalue weighted by Crippen LogP contribution is -1.80. The van der Waals surface area contributed by atoms with Gasteiger partial charge in [-0.25, -0.2) is 4.99 Å². The van der Waals surface area contributed by atoms with Gasteiger partial charge in [-0.2, -0.15) is 4.99 Å². The van der Waals surface area contributed by atoms with Crippen LogP contribution in [0.3, 0.4) is 0 Å². The Hall–Kier alpha value is -1.40. The van der Waals surface area contributed by atoms with E-state index in [2.05, 4.69) is 22.9 Å². The molecule has 0 unspecified atom stereocenters. The van der Waals surface area contributed by atoms with Crippen LogP contribution in [0.1, 0.15) is 38.2 Å². The molecule has 0 aliphatic heterocycles. The van der Waals surface area contributed by atoms with Crippen molar-refractivity contribution in [2.24, 2.45) is 9.98 Å². The summed E-state index contributed by atoms with van der Waals surface area (Å²) in [6.07, 6.45) is 4.96. The minimum Gasteiger partial charge on any atom is -0.225 e. The summed E-state index contributed by atoms with van der Waals surface area (Å²) in [5.41, 5.74) is 2.12. The lowest BCUT2D eigenvalue weighted by atomic mass is 10.2. The van der Waals surface area contributed by atoms with Gasteiger partial charge in [0.25, 0.3) is 0 Å². The van der Waals surface area contributed by atoms with Gasteiger partial charge in [-0.1, -0.05) is 44.4 Å². The van der Waals surface area contributed by atoms with E-state index in [9.17, 15) is 0 Å². The second kappa shape index (κ2) is 7.84. The fraction of sp³-hybridized carbons (Fsp3) is 0.500. The molecule has 0 aliphatic rings. The summed E-state index contributed by atoms with van der Waals surface area (Å²) < 4.78 is 0. The summed E-state index contributed by atoms with van der Waals surface area (Å²) in [7, 11) is 0. The molecule has 0 amide bonds. The van der Waals surface area contributed by atoms with Crippen LogP contribution in [0.25, 0.3) is 0 Å². The normalized spacial score (nSPS) is 9.62. The van der Waals surface area contributed by atoms with Crippen LogP contribution in [0, 0.1) is 6.92 Å². The fourth-order valence-corrected chi connectivity index (χ4v) is 1.45. The van der Waals surface area contributed by atoms with E-state index in [-0.39, 0.29) is 0 Å². The highest BCUT2D eigenvalue weighted by Crippen LogP contribution is 2.15. The number of nitrogens with zero attached hydrogens (tertiary/aromatic N) is 2. The molecular formula is C14H20N2. The van der Waals surface area contributed by atoms with E-state index in [4.69, 9.17) is 0 Å². The van der Waals surface area contributed by atoms with Gasteiger partial charge < -0.3 is 0 Å². The van der Waals surface area contributed by atoms with Crippen molar-refractivity contribution in [1.82, 2.24) is 0 Å². The summed E-state index contributed by atoms with van der Waals surface area (Å²) in [4.78, 5) is 8.37. The monoisotopic (exact) mass is 216 g/mol. The Balaban J connectivity index is 2.36. The highest BCUT2D eigenvalue weighted by molar-refractivity contribution is 5.55. The Labute approximate surface area is 98.1 Å². The van der Waals surface area contributed by atoms with Crippen molar-refractivity contribution in [3.8, 4) is 0 Å². The maximum atomic E-state index is 4.21. The van der Waals surface area contributed by atoms with Crippen molar-refractivity contribution in [2.75, 3.05) is 6.54 Å². The Morgan fingerprint density at radius 3 is 2.69 bits per heavy atom. The highest BCUT2D eigenvalue weighted by Gasteiger charge is 1.90. The predicted molar refractivity (Wildman–Crippen MR) is 69.7 cm³/mol. The third-order valence-corrected chi connectivity index (χ3v) is 2.48. The third kappa shape index (κ3) is 4.90. The number of hydrogen-bond donors (Lipinski definition) is 0. The van der Waals surface area contributed by atoms with Crippen LogP contribution < -0.4 is 0 Å². The number of unbranched alkanes of at least 4 members (excludes halogenated alkanes) is 3. The quantitative estimate of drug-likeness (QED) is 0.498. The largest absolute Gasteiger partial charge is 0.225 e. The molecule has 0 spiro atoms. The van der Waals surface area contributed by atoms with Crippen LogP contribution in [0.15, 0.2) is 34.3 Å². The van der Waals surface area contributed by atoms with Gasteiger partial charge in [-0.3, -0.25) is 0 Å². The van der Waals surface area contributed by atoms with Crippen LogP contribution in [0.2, 0.25) is 0 Å². The van der Waals surface area contributed by atoms with E-state index in [1.165, 1.54) is 19.3 Å². The summed E-state index contributed by atoms with van der Waals surface area (Å²) >= 11 is 0. The number of rotatable bonds is 6. The van der Waals surface area contributed by atoms with E-state index in [1.54, 1.807) is 0 Å². The van der Waals surface area contributed by atoms with Gasteiger partial charge in [0.05, 0.1) is 11.7 Å². The van der Waals surface area contributed by atoms with E-state index in [1.807, 2.05) is 31.2 Å². The first-order valence-electron chi connectivity index (χ1n) is 6.02. The summed E-state index contributed by atoms with van der Waals surface area (Å²) in [5.74, 6) is 0. The smallest absolute Gasteiger partial charge is 0.0949 e. The van der Waals surface area contributed by atoms with Gasteiger partial charge in [0.15, 0.2) is 0 Å². The van der Waals surface area contributed by atoms with Crippen molar-refractivity contribution in [1.29, 1.82) is 0 Å². The molecule has 0 fully saturated rings. The lowest BCUT2D eigenvalue weighted by Gasteiger charge is -1.94. The molecule has 0 radical (unpaired) electrons. The molecule has 1 aromatic carbocycles. The Morgan fingerprint density at radius 2 is 1.94 bits per heavy atom. The first kappa shape index (κ1) is 12.7. The average Bonchev–Trinajstić information content (AvgIpc) is 2.30. The van der Waals surface area contributed by atoms with Crippen LogP contribution in [-0.4, -0.2) is 12.6 Å². The van der Waals surface area contributed by atoms with Gasteiger partial charge in [0.1, 0.15) is 0 Å².